The van der Waals surface area contributed by atoms with Crippen LogP contribution >= 0.6 is 0 Å². The van der Waals surface area contributed by atoms with Gasteiger partial charge in [-0.25, -0.2) is 0 Å². The van der Waals surface area contributed by atoms with E-state index in [0.29, 0.717) is 0 Å². The number of nitrogens with zero attached hydrogens (tertiary/aromatic N) is 2. The van der Waals surface area contributed by atoms with Crippen LogP contribution in [-0.4, -0.2) is 21.7 Å². The van der Waals surface area contributed by atoms with Crippen molar-refractivity contribution in [1.82, 2.24) is 10.2 Å². The number of rotatable bonds is 6. The van der Waals surface area contributed by atoms with Gasteiger partial charge in [-0.2, -0.15) is 5.10 Å². The van der Waals surface area contributed by atoms with Gasteiger partial charge in [0.25, 0.3) is 5.69 Å². The van der Waals surface area contributed by atoms with Gasteiger partial charge in [-0.3, -0.25) is 15.2 Å². The number of nitrogens with one attached hydrogen (secondary N) is 2. The first-order valence-corrected chi connectivity index (χ1v) is 6.14. The van der Waals surface area contributed by atoms with E-state index in [0.717, 1.165) is 30.8 Å². The van der Waals surface area contributed by atoms with Crippen LogP contribution < -0.4 is 5.32 Å². The van der Waals surface area contributed by atoms with Gasteiger partial charge in [0.05, 0.1) is 11.1 Å². The van der Waals surface area contributed by atoms with E-state index in [1.54, 1.807) is 12.1 Å². The molecule has 100 valence electrons. The lowest BCUT2D eigenvalue weighted by Crippen LogP contribution is -2.03. The maximum atomic E-state index is 10.5. The summed E-state index contributed by atoms with van der Waals surface area (Å²) in [5.41, 5.74) is 3.34. The average Bonchev–Trinajstić information content (AvgIpc) is 2.81. The lowest BCUT2D eigenvalue weighted by atomic mass is 10.1. The Morgan fingerprint density at radius 1 is 1.37 bits per heavy atom. The molecule has 0 radical (unpaired) electrons. The second-order valence-electron chi connectivity index (χ2n) is 4.35. The Morgan fingerprint density at radius 3 is 2.68 bits per heavy atom. The summed E-state index contributed by atoms with van der Waals surface area (Å²) in [5.74, 6) is 0. The molecule has 2 aromatic rings. The van der Waals surface area contributed by atoms with E-state index in [-0.39, 0.29) is 5.69 Å². The number of hydrogen-bond acceptors (Lipinski definition) is 4. The number of aromatic amines is 1. The highest BCUT2D eigenvalue weighted by Crippen LogP contribution is 2.15. The van der Waals surface area contributed by atoms with Crippen LogP contribution in [0.1, 0.15) is 17.7 Å². The Bertz CT molecular complexity index is 548. The van der Waals surface area contributed by atoms with Gasteiger partial charge in [-0.05, 0) is 37.5 Å². The Balaban J connectivity index is 1.76. The molecule has 0 atom stereocenters. The fraction of sp³-hybridized carbons (Fsp3) is 0.308. The van der Waals surface area contributed by atoms with Crippen LogP contribution in [0.3, 0.4) is 0 Å². The fourth-order valence-electron chi connectivity index (χ4n) is 1.84. The summed E-state index contributed by atoms with van der Waals surface area (Å²) in [4.78, 5) is 10.1. The van der Waals surface area contributed by atoms with Gasteiger partial charge in [-0.1, -0.05) is 0 Å². The summed E-state index contributed by atoms with van der Waals surface area (Å²) in [6, 6.07) is 6.45. The molecule has 0 spiro atoms. The molecular weight excluding hydrogens is 244 g/mol. The van der Waals surface area contributed by atoms with Crippen LogP contribution in [0.15, 0.2) is 30.5 Å². The molecule has 0 fully saturated rings. The highest BCUT2D eigenvalue weighted by Gasteiger charge is 2.03. The van der Waals surface area contributed by atoms with Crippen molar-refractivity contribution in [1.29, 1.82) is 0 Å². The molecule has 0 amide bonds. The molecule has 0 saturated carbocycles. The van der Waals surface area contributed by atoms with E-state index in [1.807, 2.05) is 13.1 Å². The molecule has 0 bridgehead atoms. The van der Waals surface area contributed by atoms with Gasteiger partial charge in [0, 0.05) is 30.1 Å². The van der Waals surface area contributed by atoms with Crippen LogP contribution in [0, 0.1) is 17.0 Å². The second kappa shape index (κ2) is 5.99. The van der Waals surface area contributed by atoms with Crippen molar-refractivity contribution in [3.05, 3.63) is 51.8 Å². The first kappa shape index (κ1) is 13.1. The minimum absolute atomic E-state index is 0.111. The summed E-state index contributed by atoms with van der Waals surface area (Å²) in [7, 11) is 0. The normalized spacial score (nSPS) is 10.4. The van der Waals surface area contributed by atoms with Gasteiger partial charge in [0.15, 0.2) is 0 Å². The molecule has 1 aromatic heterocycles. The van der Waals surface area contributed by atoms with Crippen molar-refractivity contribution in [2.75, 3.05) is 11.9 Å². The quantitative estimate of drug-likeness (QED) is 0.475. The summed E-state index contributed by atoms with van der Waals surface area (Å²) >= 11 is 0. The summed E-state index contributed by atoms with van der Waals surface area (Å²) in [6.45, 7) is 2.83. The van der Waals surface area contributed by atoms with E-state index in [1.165, 1.54) is 17.7 Å². The number of nitro benzene ring substituents is 1. The van der Waals surface area contributed by atoms with Crippen LogP contribution in [0.25, 0.3) is 0 Å². The maximum Gasteiger partial charge on any atom is 0.269 e. The zero-order chi connectivity index (χ0) is 13.7. The third-order valence-corrected chi connectivity index (χ3v) is 2.96. The Kier molecular flexibility index (Phi) is 4.12. The average molecular weight is 260 g/mol. The maximum absolute atomic E-state index is 10.5. The van der Waals surface area contributed by atoms with Crippen molar-refractivity contribution < 1.29 is 4.92 Å². The molecule has 0 aliphatic heterocycles. The molecule has 0 aliphatic carbocycles. The molecule has 2 rings (SSSR count). The van der Waals surface area contributed by atoms with Crippen LogP contribution in [0.2, 0.25) is 0 Å². The smallest absolute Gasteiger partial charge is 0.269 e. The summed E-state index contributed by atoms with van der Waals surface area (Å²) in [5, 5.41) is 20.6. The van der Waals surface area contributed by atoms with Crippen molar-refractivity contribution >= 4 is 11.4 Å². The van der Waals surface area contributed by atoms with Crippen LogP contribution in [0.4, 0.5) is 11.4 Å². The van der Waals surface area contributed by atoms with Crippen LogP contribution in [-0.2, 0) is 6.42 Å². The van der Waals surface area contributed by atoms with Crippen molar-refractivity contribution in [2.24, 2.45) is 0 Å². The topological polar surface area (TPSA) is 83.8 Å². The fourth-order valence-corrected chi connectivity index (χ4v) is 1.84. The van der Waals surface area contributed by atoms with E-state index in [4.69, 9.17) is 0 Å². The predicted octanol–water partition coefficient (Wildman–Crippen LogP) is 2.67. The third kappa shape index (κ3) is 3.54. The molecule has 0 saturated heterocycles. The molecule has 0 aliphatic rings. The SMILES string of the molecule is Cc1[nH]ncc1CCCNc1ccc([N+](=O)[O-])cc1. The first-order chi connectivity index (χ1) is 9.16. The van der Waals surface area contributed by atoms with Gasteiger partial charge < -0.3 is 5.32 Å². The zero-order valence-corrected chi connectivity index (χ0v) is 10.7. The third-order valence-electron chi connectivity index (χ3n) is 2.96. The molecule has 19 heavy (non-hydrogen) atoms. The molecule has 1 aromatic carbocycles. The molecule has 2 N–H and O–H groups in total. The van der Waals surface area contributed by atoms with Crippen molar-refractivity contribution in [3.8, 4) is 0 Å². The first-order valence-electron chi connectivity index (χ1n) is 6.14. The van der Waals surface area contributed by atoms with Gasteiger partial charge in [0.2, 0.25) is 0 Å². The largest absolute Gasteiger partial charge is 0.385 e. The van der Waals surface area contributed by atoms with E-state index in [2.05, 4.69) is 15.5 Å². The molecular formula is C13H16N4O2. The van der Waals surface area contributed by atoms with Gasteiger partial charge in [-0.15, -0.1) is 0 Å². The van der Waals surface area contributed by atoms with E-state index < -0.39 is 4.92 Å². The van der Waals surface area contributed by atoms with Crippen LogP contribution in [0.5, 0.6) is 0 Å². The molecule has 0 unspecified atom stereocenters. The number of aromatic nitrogens is 2. The summed E-state index contributed by atoms with van der Waals surface area (Å²) < 4.78 is 0. The highest BCUT2D eigenvalue weighted by atomic mass is 16.6. The monoisotopic (exact) mass is 260 g/mol. The lowest BCUT2D eigenvalue weighted by molar-refractivity contribution is -0.384. The number of nitro groups is 1. The number of H-pyrrole nitrogens is 1. The highest BCUT2D eigenvalue weighted by molar-refractivity contribution is 5.48. The zero-order valence-electron chi connectivity index (χ0n) is 10.7. The molecule has 6 nitrogen and oxygen atoms in total. The molecule has 1 heterocycles. The Morgan fingerprint density at radius 2 is 2.11 bits per heavy atom. The van der Waals surface area contributed by atoms with Gasteiger partial charge in [0.1, 0.15) is 0 Å². The van der Waals surface area contributed by atoms with E-state index >= 15 is 0 Å². The Labute approximate surface area is 111 Å². The lowest BCUT2D eigenvalue weighted by Gasteiger charge is -2.05. The number of hydrogen-bond donors (Lipinski definition) is 2. The number of benzene rings is 1. The molecule has 6 heteroatoms. The standard InChI is InChI=1S/C13H16N4O2/c1-10-11(9-15-16-10)3-2-8-14-12-4-6-13(7-5-12)17(18)19/h4-7,9,14H,2-3,8H2,1H3,(H,15,16). The van der Waals surface area contributed by atoms with Gasteiger partial charge >= 0.3 is 0 Å². The Hall–Kier alpha value is -2.37. The van der Waals surface area contributed by atoms with Crippen molar-refractivity contribution in [2.45, 2.75) is 19.8 Å². The van der Waals surface area contributed by atoms with E-state index in [9.17, 15) is 10.1 Å². The predicted molar refractivity (Wildman–Crippen MR) is 73.2 cm³/mol. The second-order valence-corrected chi connectivity index (χ2v) is 4.35. The van der Waals surface area contributed by atoms with Crippen molar-refractivity contribution in [3.63, 3.8) is 0 Å². The minimum atomic E-state index is -0.397. The minimum Gasteiger partial charge on any atom is -0.385 e. The number of non-ortho nitro benzene ring substituents is 1. The summed E-state index contributed by atoms with van der Waals surface area (Å²) in [6.07, 6.45) is 3.79. The number of anilines is 1. The number of aryl methyl sites for hydroxylation is 2.